The molecule has 3 heterocycles. The number of aromatic nitrogens is 3. The third-order valence-electron chi connectivity index (χ3n) is 4.07. The van der Waals surface area contributed by atoms with Crippen molar-refractivity contribution in [2.75, 3.05) is 25.1 Å². The van der Waals surface area contributed by atoms with Crippen LogP contribution in [0.5, 0.6) is 11.6 Å². The molecule has 0 radical (unpaired) electrons. The molecule has 0 spiro atoms. The van der Waals surface area contributed by atoms with Crippen molar-refractivity contribution in [1.82, 2.24) is 15.0 Å². The Morgan fingerprint density at radius 1 is 1.07 bits per heavy atom. The van der Waals surface area contributed by atoms with Gasteiger partial charge in [-0.3, -0.25) is 0 Å². The number of ether oxygens (including phenoxy) is 3. The highest BCUT2D eigenvalue weighted by atomic mass is 16.5. The lowest BCUT2D eigenvalue weighted by Crippen LogP contribution is -2.10. The quantitative estimate of drug-likeness (QED) is 0.570. The predicted octanol–water partition coefficient (Wildman–Crippen LogP) is 4.05. The van der Waals surface area contributed by atoms with Crippen LogP contribution in [0.4, 0.5) is 11.5 Å². The van der Waals surface area contributed by atoms with Crippen molar-refractivity contribution in [3.05, 3.63) is 41.7 Å². The first-order chi connectivity index (χ1) is 14.1. The number of fused-ring (bicyclic) bond motifs is 1. The molecular weight excluding hydrogens is 372 g/mol. The molecule has 0 unspecified atom stereocenters. The molecule has 3 aromatic heterocycles. The molecule has 0 saturated heterocycles. The number of aryl methyl sites for hydroxylation is 1. The number of rotatable bonds is 8. The summed E-state index contributed by atoms with van der Waals surface area (Å²) in [6, 6.07) is 7.20. The average Bonchev–Trinajstić information content (AvgIpc) is 2.70. The molecule has 1 N–H and O–H groups in total. The summed E-state index contributed by atoms with van der Waals surface area (Å²) in [6.45, 7) is 8.66. The van der Waals surface area contributed by atoms with Crippen LogP contribution in [0.25, 0.3) is 11.0 Å². The van der Waals surface area contributed by atoms with E-state index in [1.165, 1.54) is 6.20 Å². The van der Waals surface area contributed by atoms with Gasteiger partial charge in [0.05, 0.1) is 31.2 Å². The van der Waals surface area contributed by atoms with E-state index in [9.17, 15) is 4.79 Å². The van der Waals surface area contributed by atoms with E-state index in [0.29, 0.717) is 47.4 Å². The van der Waals surface area contributed by atoms with E-state index in [-0.39, 0.29) is 12.2 Å². The number of esters is 1. The van der Waals surface area contributed by atoms with E-state index < -0.39 is 5.97 Å². The standard InChI is InChI=1S/C21H24N4O4/c1-5-27-16-11-14-19(25-17-9-8-10-18(24-17)28-6-2)15(21(26)29-7-3)12-22-20(14)23-13(16)4/h8-12H,5-7H2,1-4H3,(H,22,23,24,25). The SMILES string of the molecule is CCOC(=O)c1cnc2nc(C)c(OCC)cc2c1Nc1cccc(OCC)n1. The Balaban J connectivity index is 2.16. The zero-order valence-corrected chi connectivity index (χ0v) is 17.0. The maximum atomic E-state index is 12.5. The van der Waals surface area contributed by atoms with Gasteiger partial charge in [-0.2, -0.15) is 4.98 Å². The second-order valence-electron chi connectivity index (χ2n) is 6.06. The summed E-state index contributed by atoms with van der Waals surface area (Å²) in [7, 11) is 0. The van der Waals surface area contributed by atoms with Crippen LogP contribution in [0.3, 0.4) is 0 Å². The van der Waals surface area contributed by atoms with Crippen LogP contribution in [0, 0.1) is 6.92 Å². The minimum atomic E-state index is -0.483. The second-order valence-corrected chi connectivity index (χ2v) is 6.06. The fraction of sp³-hybridized carbons (Fsp3) is 0.333. The van der Waals surface area contributed by atoms with Crippen LogP contribution in [0.2, 0.25) is 0 Å². The van der Waals surface area contributed by atoms with E-state index in [4.69, 9.17) is 14.2 Å². The maximum Gasteiger partial charge on any atom is 0.341 e. The lowest BCUT2D eigenvalue weighted by molar-refractivity contribution is 0.0527. The number of anilines is 2. The topological polar surface area (TPSA) is 95.5 Å². The highest BCUT2D eigenvalue weighted by Crippen LogP contribution is 2.32. The monoisotopic (exact) mass is 396 g/mol. The van der Waals surface area contributed by atoms with Gasteiger partial charge in [-0.15, -0.1) is 0 Å². The average molecular weight is 396 g/mol. The van der Waals surface area contributed by atoms with Crippen LogP contribution in [0.1, 0.15) is 36.8 Å². The molecule has 29 heavy (non-hydrogen) atoms. The Bertz CT molecular complexity index is 1020. The highest BCUT2D eigenvalue weighted by Gasteiger charge is 2.19. The summed E-state index contributed by atoms with van der Waals surface area (Å²) >= 11 is 0. The molecule has 0 atom stereocenters. The van der Waals surface area contributed by atoms with Gasteiger partial charge in [0.2, 0.25) is 5.88 Å². The van der Waals surface area contributed by atoms with E-state index in [2.05, 4.69) is 20.3 Å². The van der Waals surface area contributed by atoms with E-state index in [1.54, 1.807) is 19.1 Å². The lowest BCUT2D eigenvalue weighted by Gasteiger charge is -2.15. The van der Waals surface area contributed by atoms with Gasteiger partial charge in [0, 0.05) is 17.6 Å². The Kier molecular flexibility index (Phi) is 6.43. The minimum Gasteiger partial charge on any atom is -0.492 e. The summed E-state index contributed by atoms with van der Waals surface area (Å²) in [5, 5.41) is 3.85. The van der Waals surface area contributed by atoms with Crippen molar-refractivity contribution in [3.63, 3.8) is 0 Å². The van der Waals surface area contributed by atoms with Gasteiger partial charge in [0.25, 0.3) is 0 Å². The maximum absolute atomic E-state index is 12.5. The normalized spacial score (nSPS) is 10.6. The van der Waals surface area contributed by atoms with Gasteiger partial charge in [0.15, 0.2) is 5.65 Å². The molecule has 0 aliphatic heterocycles. The second kappa shape index (κ2) is 9.18. The molecule has 152 valence electrons. The molecular formula is C21H24N4O4. The summed E-state index contributed by atoms with van der Waals surface area (Å²) in [4.78, 5) is 25.8. The zero-order chi connectivity index (χ0) is 20.8. The van der Waals surface area contributed by atoms with Crippen molar-refractivity contribution in [1.29, 1.82) is 0 Å². The Labute approximate surface area is 169 Å². The van der Waals surface area contributed by atoms with Gasteiger partial charge >= 0.3 is 5.97 Å². The first-order valence-electron chi connectivity index (χ1n) is 9.54. The van der Waals surface area contributed by atoms with Crippen LogP contribution in [-0.2, 0) is 4.74 Å². The van der Waals surface area contributed by atoms with Crippen molar-refractivity contribution < 1.29 is 19.0 Å². The number of carbonyl (C=O) groups excluding carboxylic acids is 1. The van der Waals surface area contributed by atoms with Gasteiger partial charge in [-0.05, 0) is 39.8 Å². The molecule has 3 rings (SSSR count). The molecule has 0 aromatic carbocycles. The summed E-state index contributed by atoms with van der Waals surface area (Å²) in [6.07, 6.45) is 1.46. The smallest absolute Gasteiger partial charge is 0.341 e. The molecule has 0 aliphatic carbocycles. The third-order valence-corrected chi connectivity index (χ3v) is 4.07. The number of carbonyl (C=O) groups is 1. The summed E-state index contributed by atoms with van der Waals surface area (Å²) in [5.41, 5.74) is 2.00. The molecule has 8 heteroatoms. The molecule has 0 fully saturated rings. The van der Waals surface area contributed by atoms with Crippen molar-refractivity contribution >= 4 is 28.5 Å². The van der Waals surface area contributed by atoms with Gasteiger partial charge in [-0.1, -0.05) is 6.07 Å². The van der Waals surface area contributed by atoms with Crippen LogP contribution >= 0.6 is 0 Å². The summed E-state index contributed by atoms with van der Waals surface area (Å²) in [5.74, 6) is 1.15. The van der Waals surface area contributed by atoms with Crippen LogP contribution in [0.15, 0.2) is 30.5 Å². The number of hydrogen-bond donors (Lipinski definition) is 1. The van der Waals surface area contributed by atoms with Gasteiger partial charge < -0.3 is 19.5 Å². The number of nitrogens with zero attached hydrogens (tertiary/aromatic N) is 3. The summed E-state index contributed by atoms with van der Waals surface area (Å²) < 4.78 is 16.3. The molecule has 3 aromatic rings. The first-order valence-corrected chi connectivity index (χ1v) is 9.54. The molecule has 0 amide bonds. The fourth-order valence-corrected chi connectivity index (χ4v) is 2.83. The third kappa shape index (κ3) is 4.53. The molecule has 0 aliphatic rings. The van der Waals surface area contributed by atoms with Crippen LogP contribution < -0.4 is 14.8 Å². The molecule has 8 nitrogen and oxygen atoms in total. The van der Waals surface area contributed by atoms with E-state index in [0.717, 1.165) is 5.69 Å². The van der Waals surface area contributed by atoms with Crippen molar-refractivity contribution in [2.45, 2.75) is 27.7 Å². The highest BCUT2D eigenvalue weighted by molar-refractivity contribution is 6.05. The number of hydrogen-bond acceptors (Lipinski definition) is 8. The Morgan fingerprint density at radius 3 is 2.59 bits per heavy atom. The number of pyridine rings is 3. The molecule has 0 bridgehead atoms. The first kappa shape index (κ1) is 20.3. The van der Waals surface area contributed by atoms with Gasteiger partial charge in [0.1, 0.15) is 17.1 Å². The Morgan fingerprint density at radius 2 is 1.86 bits per heavy atom. The van der Waals surface area contributed by atoms with Crippen molar-refractivity contribution in [2.24, 2.45) is 0 Å². The predicted molar refractivity (Wildman–Crippen MR) is 110 cm³/mol. The minimum absolute atomic E-state index is 0.255. The molecule has 0 saturated carbocycles. The lowest BCUT2D eigenvalue weighted by atomic mass is 10.1. The van der Waals surface area contributed by atoms with E-state index in [1.807, 2.05) is 32.9 Å². The van der Waals surface area contributed by atoms with E-state index >= 15 is 0 Å². The Hall–Kier alpha value is -3.42. The van der Waals surface area contributed by atoms with Crippen molar-refractivity contribution in [3.8, 4) is 11.6 Å². The number of nitrogens with one attached hydrogen (secondary N) is 1. The fourth-order valence-electron chi connectivity index (χ4n) is 2.83. The van der Waals surface area contributed by atoms with Crippen LogP contribution in [-0.4, -0.2) is 40.7 Å². The van der Waals surface area contributed by atoms with Gasteiger partial charge in [-0.25, -0.2) is 14.8 Å². The zero-order valence-electron chi connectivity index (χ0n) is 17.0. The largest absolute Gasteiger partial charge is 0.492 e.